The van der Waals surface area contributed by atoms with Gasteiger partial charge in [0.15, 0.2) is 0 Å². The minimum atomic E-state index is 0.150. The van der Waals surface area contributed by atoms with E-state index in [9.17, 15) is 0 Å². The molecule has 1 aromatic heterocycles. The summed E-state index contributed by atoms with van der Waals surface area (Å²) in [6, 6.07) is 8.79. The fourth-order valence-electron chi connectivity index (χ4n) is 1.38. The molecule has 0 bridgehead atoms. The number of nitrogens with one attached hydrogen (secondary N) is 1. The molecule has 0 unspecified atom stereocenters. The summed E-state index contributed by atoms with van der Waals surface area (Å²) >= 11 is 0. The Hall–Kier alpha value is -2.43. The van der Waals surface area contributed by atoms with E-state index in [1.165, 1.54) is 6.20 Å². The fourth-order valence-corrected chi connectivity index (χ4v) is 1.38. The number of aromatic nitrogens is 2. The molecular weight excluding hydrogens is 202 g/mol. The lowest BCUT2D eigenvalue weighted by molar-refractivity contribution is 1.16. The van der Waals surface area contributed by atoms with Crippen molar-refractivity contribution < 1.29 is 0 Å². The Morgan fingerprint density at radius 3 is 2.56 bits per heavy atom. The van der Waals surface area contributed by atoms with Gasteiger partial charge >= 0.3 is 0 Å². The van der Waals surface area contributed by atoms with Crippen LogP contribution in [0.1, 0.15) is 11.3 Å². The molecule has 0 spiro atoms. The molecule has 5 N–H and O–H groups in total. The zero-order chi connectivity index (χ0) is 11.5. The van der Waals surface area contributed by atoms with Crippen molar-refractivity contribution >= 4 is 17.3 Å². The van der Waals surface area contributed by atoms with Crippen LogP contribution < -0.4 is 11.5 Å². The van der Waals surface area contributed by atoms with E-state index in [0.29, 0.717) is 16.9 Å². The van der Waals surface area contributed by atoms with Crippen LogP contribution in [0.3, 0.4) is 0 Å². The predicted octanol–water partition coefficient (Wildman–Crippen LogP) is 1.06. The summed E-state index contributed by atoms with van der Waals surface area (Å²) in [6.07, 6.45) is 1.52. The van der Waals surface area contributed by atoms with E-state index in [0.717, 1.165) is 0 Å². The number of nitrogens with two attached hydrogens (primary N) is 2. The van der Waals surface area contributed by atoms with Crippen molar-refractivity contribution in [3.63, 3.8) is 0 Å². The van der Waals surface area contributed by atoms with Crippen molar-refractivity contribution in [1.82, 2.24) is 9.97 Å². The second-order valence-electron chi connectivity index (χ2n) is 3.26. The summed E-state index contributed by atoms with van der Waals surface area (Å²) in [6.45, 7) is 0. The number of nitrogens with zero attached hydrogens (tertiary/aromatic N) is 2. The number of rotatable bonds is 2. The Labute approximate surface area is 92.7 Å². The molecular formula is C11H11N5. The first kappa shape index (κ1) is 10.1. The maximum atomic E-state index is 7.98. The van der Waals surface area contributed by atoms with Gasteiger partial charge in [0.05, 0.1) is 11.4 Å². The molecule has 5 heteroatoms. The quantitative estimate of drug-likeness (QED) is 0.512. The monoisotopic (exact) mass is 213 g/mol. The van der Waals surface area contributed by atoms with Gasteiger partial charge in [0.25, 0.3) is 0 Å². The minimum absolute atomic E-state index is 0.150. The van der Waals surface area contributed by atoms with Gasteiger partial charge in [-0.15, -0.1) is 0 Å². The number of hydrogen-bond donors (Lipinski definition) is 3. The van der Waals surface area contributed by atoms with Gasteiger partial charge in [-0.25, -0.2) is 9.97 Å². The maximum absolute atomic E-state index is 7.98. The zero-order valence-corrected chi connectivity index (χ0v) is 8.51. The van der Waals surface area contributed by atoms with E-state index in [4.69, 9.17) is 16.9 Å². The topological polar surface area (TPSA) is 102 Å². The number of nitrogen functional groups attached to an aromatic ring is 2. The third kappa shape index (κ3) is 1.83. The molecule has 0 fully saturated rings. The van der Waals surface area contributed by atoms with Gasteiger partial charge in [-0.05, 0) is 12.1 Å². The van der Waals surface area contributed by atoms with Crippen LogP contribution in [0.25, 0.3) is 0 Å². The van der Waals surface area contributed by atoms with Crippen molar-refractivity contribution in [2.75, 3.05) is 11.5 Å². The molecule has 0 saturated carbocycles. The van der Waals surface area contributed by atoms with Crippen molar-refractivity contribution in [1.29, 1.82) is 5.41 Å². The third-order valence-corrected chi connectivity index (χ3v) is 2.16. The highest BCUT2D eigenvalue weighted by molar-refractivity contribution is 6.12. The van der Waals surface area contributed by atoms with E-state index in [2.05, 4.69) is 9.97 Å². The summed E-state index contributed by atoms with van der Waals surface area (Å²) < 4.78 is 0. The largest absolute Gasteiger partial charge is 0.398 e. The molecule has 0 radical (unpaired) electrons. The van der Waals surface area contributed by atoms with Crippen molar-refractivity contribution in [2.24, 2.45) is 0 Å². The molecule has 1 heterocycles. The fraction of sp³-hybridized carbons (Fsp3) is 0. The average molecular weight is 213 g/mol. The molecule has 1 aromatic carbocycles. The first-order valence-electron chi connectivity index (χ1n) is 4.71. The van der Waals surface area contributed by atoms with E-state index >= 15 is 0 Å². The molecule has 0 aliphatic rings. The highest BCUT2D eigenvalue weighted by Crippen LogP contribution is 2.14. The van der Waals surface area contributed by atoms with Crippen LogP contribution in [0, 0.1) is 5.41 Å². The smallest absolute Gasteiger partial charge is 0.220 e. The van der Waals surface area contributed by atoms with Gasteiger partial charge in [-0.2, -0.15) is 0 Å². The summed E-state index contributed by atoms with van der Waals surface area (Å²) in [4.78, 5) is 7.75. The van der Waals surface area contributed by atoms with E-state index in [1.807, 2.05) is 12.1 Å². The van der Waals surface area contributed by atoms with E-state index in [1.54, 1.807) is 18.2 Å². The molecule has 2 aromatic rings. The first-order valence-corrected chi connectivity index (χ1v) is 4.71. The molecule has 0 aliphatic carbocycles. The Balaban J connectivity index is 2.44. The summed E-state index contributed by atoms with van der Waals surface area (Å²) in [5, 5.41) is 7.98. The van der Waals surface area contributed by atoms with Crippen molar-refractivity contribution in [3.05, 3.63) is 47.8 Å². The molecule has 80 valence electrons. The van der Waals surface area contributed by atoms with Crippen LogP contribution in [0.5, 0.6) is 0 Å². The van der Waals surface area contributed by atoms with Crippen LogP contribution in [0.4, 0.5) is 11.6 Å². The highest BCUT2D eigenvalue weighted by atomic mass is 15.0. The van der Waals surface area contributed by atoms with Crippen LogP contribution >= 0.6 is 0 Å². The second-order valence-corrected chi connectivity index (χ2v) is 3.26. The van der Waals surface area contributed by atoms with Gasteiger partial charge in [0.1, 0.15) is 0 Å². The van der Waals surface area contributed by atoms with Gasteiger partial charge < -0.3 is 11.5 Å². The molecule has 2 rings (SSSR count). The van der Waals surface area contributed by atoms with E-state index in [-0.39, 0.29) is 11.7 Å². The first-order chi connectivity index (χ1) is 7.68. The lowest BCUT2D eigenvalue weighted by Gasteiger charge is -2.06. The van der Waals surface area contributed by atoms with Gasteiger partial charge in [-0.1, -0.05) is 18.2 Å². The summed E-state index contributed by atoms with van der Waals surface area (Å²) in [7, 11) is 0. The van der Waals surface area contributed by atoms with Crippen molar-refractivity contribution in [3.8, 4) is 0 Å². The summed E-state index contributed by atoms with van der Waals surface area (Å²) in [5.41, 5.74) is 13.1. The molecule has 0 aliphatic heterocycles. The maximum Gasteiger partial charge on any atom is 0.220 e. The molecule has 0 saturated heterocycles. The van der Waals surface area contributed by atoms with Gasteiger partial charge in [-0.3, -0.25) is 5.41 Å². The van der Waals surface area contributed by atoms with Crippen molar-refractivity contribution in [2.45, 2.75) is 0 Å². The zero-order valence-electron chi connectivity index (χ0n) is 8.51. The highest BCUT2D eigenvalue weighted by Gasteiger charge is 2.09. The minimum Gasteiger partial charge on any atom is -0.398 e. The predicted molar refractivity (Wildman–Crippen MR) is 63.2 cm³/mol. The SMILES string of the molecule is N=C(c1ccnc(N)n1)c1ccccc1N. The number of anilines is 2. The normalized spacial score (nSPS) is 10.0. The van der Waals surface area contributed by atoms with Gasteiger partial charge in [0, 0.05) is 17.4 Å². The number of benzene rings is 1. The average Bonchev–Trinajstić information content (AvgIpc) is 2.29. The van der Waals surface area contributed by atoms with E-state index < -0.39 is 0 Å². The molecule has 0 amide bonds. The van der Waals surface area contributed by atoms with Gasteiger partial charge in [0.2, 0.25) is 5.95 Å². The van der Waals surface area contributed by atoms with Crippen LogP contribution in [0.15, 0.2) is 36.5 Å². The summed E-state index contributed by atoms with van der Waals surface area (Å²) in [5.74, 6) is 0.150. The standard InChI is InChI=1S/C11H11N5/c12-8-4-2-1-3-7(8)10(13)9-5-6-15-11(14)16-9/h1-6,13H,12H2,(H2,14,15,16). The Kier molecular flexibility index (Phi) is 2.51. The Morgan fingerprint density at radius 1 is 1.12 bits per heavy atom. The lowest BCUT2D eigenvalue weighted by Crippen LogP contribution is -2.09. The number of para-hydroxylation sites is 1. The number of hydrogen-bond acceptors (Lipinski definition) is 5. The third-order valence-electron chi connectivity index (χ3n) is 2.16. The molecule has 16 heavy (non-hydrogen) atoms. The second kappa shape index (κ2) is 3.98. The van der Waals surface area contributed by atoms with Crippen LogP contribution in [-0.4, -0.2) is 15.7 Å². The lowest BCUT2D eigenvalue weighted by atomic mass is 10.1. The Bertz CT molecular complexity index is 535. The van der Waals surface area contributed by atoms with Crippen LogP contribution in [-0.2, 0) is 0 Å². The Morgan fingerprint density at radius 2 is 1.88 bits per heavy atom. The molecule has 0 atom stereocenters. The molecule has 5 nitrogen and oxygen atoms in total. The van der Waals surface area contributed by atoms with Crippen LogP contribution in [0.2, 0.25) is 0 Å².